The Morgan fingerprint density at radius 2 is 1.52 bits per heavy atom. The van der Waals surface area contributed by atoms with Gasteiger partial charge in [-0.25, -0.2) is 0 Å². The first-order valence-electron chi connectivity index (χ1n) is 10.8. The quantitative estimate of drug-likeness (QED) is 0.736. The maximum absolute atomic E-state index is 12.9. The fraction of sp³-hybridized carbons (Fsp3) is 0.417. The highest BCUT2D eigenvalue weighted by Crippen LogP contribution is 2.16. The molecule has 1 unspecified atom stereocenters. The topological polar surface area (TPSA) is 62.3 Å². The molecule has 2 aromatic rings. The fourth-order valence-corrected chi connectivity index (χ4v) is 4.12. The first-order valence-corrected chi connectivity index (χ1v) is 10.8. The molecule has 2 aliphatic rings. The van der Waals surface area contributed by atoms with Crippen molar-refractivity contribution in [1.29, 1.82) is 0 Å². The minimum Gasteiger partial charge on any atom is -0.497 e. The lowest BCUT2D eigenvalue weighted by molar-refractivity contribution is -0.0399. The molecule has 164 valence electrons. The van der Waals surface area contributed by atoms with Crippen LogP contribution in [0.15, 0.2) is 54.6 Å². The third-order valence-electron chi connectivity index (χ3n) is 5.91. The maximum Gasteiger partial charge on any atom is 0.254 e. The van der Waals surface area contributed by atoms with E-state index >= 15 is 0 Å². The number of morpholine rings is 1. The van der Waals surface area contributed by atoms with Crippen LogP contribution in [0.4, 0.5) is 0 Å². The van der Waals surface area contributed by atoms with E-state index in [1.54, 1.807) is 31.4 Å². The highest BCUT2D eigenvalue weighted by atomic mass is 16.5. The molecule has 0 N–H and O–H groups in total. The van der Waals surface area contributed by atoms with Crippen LogP contribution in [0, 0.1) is 0 Å². The van der Waals surface area contributed by atoms with Gasteiger partial charge in [-0.1, -0.05) is 18.2 Å². The van der Waals surface area contributed by atoms with Crippen molar-refractivity contribution in [2.45, 2.75) is 6.10 Å². The van der Waals surface area contributed by atoms with Gasteiger partial charge in [-0.3, -0.25) is 14.5 Å². The Morgan fingerprint density at radius 3 is 2.19 bits per heavy atom. The normalized spacial score (nSPS) is 19.8. The monoisotopic (exact) mass is 423 g/mol. The molecule has 31 heavy (non-hydrogen) atoms. The van der Waals surface area contributed by atoms with Crippen molar-refractivity contribution in [3.8, 4) is 5.75 Å². The van der Waals surface area contributed by atoms with Crippen LogP contribution in [0.5, 0.6) is 5.75 Å². The largest absolute Gasteiger partial charge is 0.497 e. The number of hydrogen-bond acceptors (Lipinski definition) is 5. The van der Waals surface area contributed by atoms with Crippen LogP contribution in [-0.2, 0) is 4.74 Å². The van der Waals surface area contributed by atoms with Crippen molar-refractivity contribution in [2.75, 3.05) is 59.5 Å². The van der Waals surface area contributed by atoms with Gasteiger partial charge < -0.3 is 19.3 Å². The van der Waals surface area contributed by atoms with Crippen LogP contribution >= 0.6 is 0 Å². The van der Waals surface area contributed by atoms with Gasteiger partial charge in [0.05, 0.1) is 19.8 Å². The summed E-state index contributed by atoms with van der Waals surface area (Å²) in [6.07, 6.45) is -0.0210. The summed E-state index contributed by atoms with van der Waals surface area (Å²) >= 11 is 0. The molecule has 2 aromatic carbocycles. The van der Waals surface area contributed by atoms with Gasteiger partial charge in [0.15, 0.2) is 0 Å². The molecule has 0 bridgehead atoms. The van der Waals surface area contributed by atoms with Crippen molar-refractivity contribution < 1.29 is 19.1 Å². The van der Waals surface area contributed by atoms with Crippen molar-refractivity contribution >= 4 is 11.8 Å². The Balaban J connectivity index is 1.27. The molecule has 2 saturated heterocycles. The van der Waals surface area contributed by atoms with E-state index in [9.17, 15) is 9.59 Å². The molecule has 2 fully saturated rings. The number of benzene rings is 2. The Labute approximate surface area is 183 Å². The lowest BCUT2D eigenvalue weighted by atomic mass is 10.1. The Morgan fingerprint density at radius 1 is 0.871 bits per heavy atom. The van der Waals surface area contributed by atoms with Crippen LogP contribution < -0.4 is 4.74 Å². The molecule has 7 nitrogen and oxygen atoms in total. The van der Waals surface area contributed by atoms with E-state index in [1.807, 2.05) is 40.1 Å². The fourth-order valence-electron chi connectivity index (χ4n) is 4.12. The minimum atomic E-state index is -0.0210. The second kappa shape index (κ2) is 9.94. The molecule has 4 rings (SSSR count). The zero-order valence-corrected chi connectivity index (χ0v) is 17.9. The smallest absolute Gasteiger partial charge is 0.254 e. The summed E-state index contributed by atoms with van der Waals surface area (Å²) in [5, 5.41) is 0. The van der Waals surface area contributed by atoms with E-state index in [1.165, 1.54) is 0 Å². The van der Waals surface area contributed by atoms with E-state index in [2.05, 4.69) is 4.90 Å². The van der Waals surface area contributed by atoms with Gasteiger partial charge in [0.25, 0.3) is 11.8 Å². The first kappa shape index (κ1) is 21.3. The van der Waals surface area contributed by atoms with Gasteiger partial charge >= 0.3 is 0 Å². The minimum absolute atomic E-state index is 0.0210. The van der Waals surface area contributed by atoms with E-state index in [0.29, 0.717) is 38.3 Å². The molecule has 2 amide bonds. The number of rotatable bonds is 5. The summed E-state index contributed by atoms with van der Waals surface area (Å²) in [5.41, 5.74) is 1.40. The van der Waals surface area contributed by atoms with E-state index in [0.717, 1.165) is 30.9 Å². The van der Waals surface area contributed by atoms with E-state index in [4.69, 9.17) is 9.47 Å². The van der Waals surface area contributed by atoms with Gasteiger partial charge in [0.2, 0.25) is 0 Å². The second-order valence-corrected chi connectivity index (χ2v) is 7.93. The third kappa shape index (κ3) is 5.24. The molecule has 0 aromatic heterocycles. The molecule has 0 radical (unpaired) electrons. The first-order chi connectivity index (χ1) is 15.1. The summed E-state index contributed by atoms with van der Waals surface area (Å²) in [6, 6.07) is 16.6. The van der Waals surface area contributed by atoms with Crippen LogP contribution in [0.3, 0.4) is 0 Å². The summed E-state index contributed by atoms with van der Waals surface area (Å²) in [4.78, 5) is 31.6. The van der Waals surface area contributed by atoms with E-state index in [-0.39, 0.29) is 17.9 Å². The van der Waals surface area contributed by atoms with Crippen molar-refractivity contribution in [2.24, 2.45) is 0 Å². The molecular weight excluding hydrogens is 394 g/mol. The number of piperazine rings is 1. The lowest BCUT2D eigenvalue weighted by Crippen LogP contribution is -2.54. The number of ether oxygens (including phenoxy) is 2. The Hall–Kier alpha value is -2.90. The maximum atomic E-state index is 12.9. The van der Waals surface area contributed by atoms with E-state index < -0.39 is 0 Å². The van der Waals surface area contributed by atoms with Crippen molar-refractivity contribution in [1.82, 2.24) is 14.7 Å². The van der Waals surface area contributed by atoms with Gasteiger partial charge in [-0.2, -0.15) is 0 Å². The number of carbonyl (C=O) groups excluding carboxylic acids is 2. The van der Waals surface area contributed by atoms with Gasteiger partial charge in [0, 0.05) is 56.9 Å². The zero-order valence-electron chi connectivity index (χ0n) is 17.9. The van der Waals surface area contributed by atoms with Gasteiger partial charge in [-0.15, -0.1) is 0 Å². The standard InChI is InChI=1S/C24H29N3O4/c1-30-21-9-7-20(8-10-21)24(29)27-15-16-31-22(18-27)17-25-11-13-26(14-12-25)23(28)19-5-3-2-4-6-19/h2-10,22H,11-18H2,1H3. The summed E-state index contributed by atoms with van der Waals surface area (Å²) in [7, 11) is 1.61. The second-order valence-electron chi connectivity index (χ2n) is 7.93. The molecular formula is C24H29N3O4. The predicted octanol–water partition coefficient (Wildman–Crippen LogP) is 1.99. The number of methoxy groups -OCH3 is 1. The van der Waals surface area contributed by atoms with Crippen LogP contribution in [0.1, 0.15) is 20.7 Å². The number of carbonyl (C=O) groups is 2. The van der Waals surface area contributed by atoms with Crippen molar-refractivity contribution in [3.63, 3.8) is 0 Å². The molecule has 2 heterocycles. The SMILES string of the molecule is COc1ccc(C(=O)N2CCOC(CN3CCN(C(=O)c4ccccc4)CC3)C2)cc1. The van der Waals surface area contributed by atoms with Crippen molar-refractivity contribution in [3.05, 3.63) is 65.7 Å². The third-order valence-corrected chi connectivity index (χ3v) is 5.91. The Kier molecular flexibility index (Phi) is 6.84. The number of hydrogen-bond donors (Lipinski definition) is 0. The average Bonchev–Trinajstić information content (AvgIpc) is 2.84. The average molecular weight is 424 g/mol. The molecule has 1 atom stereocenters. The Bertz CT molecular complexity index is 879. The lowest BCUT2D eigenvalue weighted by Gasteiger charge is -2.39. The summed E-state index contributed by atoms with van der Waals surface area (Å²) < 4.78 is 11.1. The number of nitrogens with zero attached hydrogens (tertiary/aromatic N) is 3. The van der Waals surface area contributed by atoms with Gasteiger partial charge in [-0.05, 0) is 36.4 Å². The molecule has 0 saturated carbocycles. The van der Waals surface area contributed by atoms with Crippen LogP contribution in [-0.4, -0.2) is 92.1 Å². The molecule has 0 spiro atoms. The molecule has 2 aliphatic heterocycles. The summed E-state index contributed by atoms with van der Waals surface area (Å²) in [5.74, 6) is 0.848. The van der Waals surface area contributed by atoms with Gasteiger partial charge in [0.1, 0.15) is 5.75 Å². The highest BCUT2D eigenvalue weighted by molar-refractivity contribution is 5.94. The van der Waals surface area contributed by atoms with Crippen LogP contribution in [0.2, 0.25) is 0 Å². The number of amides is 2. The summed E-state index contributed by atoms with van der Waals surface area (Å²) in [6.45, 7) is 5.51. The van der Waals surface area contributed by atoms with Crippen LogP contribution in [0.25, 0.3) is 0 Å². The predicted molar refractivity (Wildman–Crippen MR) is 117 cm³/mol. The zero-order chi connectivity index (χ0) is 21.6. The highest BCUT2D eigenvalue weighted by Gasteiger charge is 2.29. The molecule has 0 aliphatic carbocycles. The molecule has 7 heteroatoms.